The first-order valence-corrected chi connectivity index (χ1v) is 14.6. The Morgan fingerprint density at radius 1 is 0.905 bits per heavy atom. The third kappa shape index (κ3) is 6.85. The molecule has 0 aliphatic rings. The van der Waals surface area contributed by atoms with E-state index in [-0.39, 0.29) is 18.2 Å². The Morgan fingerprint density at radius 2 is 1.64 bits per heavy atom. The summed E-state index contributed by atoms with van der Waals surface area (Å²) in [7, 11) is 0. The van der Waals surface area contributed by atoms with Crippen LogP contribution in [0.2, 0.25) is 10.0 Å². The third-order valence-corrected chi connectivity index (χ3v) is 7.61. The molecule has 5 rings (SSSR count). The lowest BCUT2D eigenvalue weighted by atomic mass is 9.98. The number of para-hydroxylation sites is 1. The second kappa shape index (κ2) is 13.7. The zero-order valence-corrected chi connectivity index (χ0v) is 24.4. The van der Waals surface area contributed by atoms with Crippen molar-refractivity contribution in [2.24, 2.45) is 0 Å². The van der Waals surface area contributed by atoms with Gasteiger partial charge >= 0.3 is 0 Å². The van der Waals surface area contributed by atoms with E-state index in [0.717, 1.165) is 58.2 Å². The molecule has 2 heterocycles. The van der Waals surface area contributed by atoms with E-state index >= 15 is 0 Å². The number of hydrogen-bond donors (Lipinski definition) is 4. The SMILES string of the molecule is O=C(CCCCCCNC(=O)c1[nH]c2cc(Cl)ccc2c1-c1c(Cc2ccc(Cl)cc2)cnn1-c1ccccc1)NO. The number of aromatic amines is 1. The van der Waals surface area contributed by atoms with E-state index in [2.05, 4.69) is 10.3 Å². The average molecular weight is 605 g/mol. The van der Waals surface area contributed by atoms with Gasteiger partial charge in [-0.15, -0.1) is 0 Å². The van der Waals surface area contributed by atoms with E-state index in [4.69, 9.17) is 33.5 Å². The van der Waals surface area contributed by atoms with Crippen molar-refractivity contribution >= 4 is 45.9 Å². The molecule has 0 radical (unpaired) electrons. The molecule has 0 fully saturated rings. The molecule has 216 valence electrons. The van der Waals surface area contributed by atoms with Crippen molar-refractivity contribution in [1.82, 2.24) is 25.6 Å². The Bertz CT molecular complexity index is 1680. The molecule has 4 N–H and O–H groups in total. The highest BCUT2D eigenvalue weighted by atomic mass is 35.5. The van der Waals surface area contributed by atoms with Crippen molar-refractivity contribution in [3.05, 3.63) is 106 Å². The van der Waals surface area contributed by atoms with Crippen molar-refractivity contribution in [3.8, 4) is 16.9 Å². The number of rotatable bonds is 12. The highest BCUT2D eigenvalue weighted by molar-refractivity contribution is 6.31. The average Bonchev–Trinajstić information content (AvgIpc) is 3.58. The van der Waals surface area contributed by atoms with Crippen molar-refractivity contribution in [2.45, 2.75) is 38.5 Å². The summed E-state index contributed by atoms with van der Waals surface area (Å²) >= 11 is 12.5. The summed E-state index contributed by atoms with van der Waals surface area (Å²) in [5.74, 6) is -0.616. The van der Waals surface area contributed by atoms with Crippen molar-refractivity contribution in [2.75, 3.05) is 6.54 Å². The molecule has 0 unspecified atom stereocenters. The normalized spacial score (nSPS) is 11.1. The lowest BCUT2D eigenvalue weighted by Gasteiger charge is -2.13. The molecular formula is C32H31Cl2N5O3. The van der Waals surface area contributed by atoms with Gasteiger partial charge in [0.05, 0.1) is 17.6 Å². The van der Waals surface area contributed by atoms with E-state index in [0.29, 0.717) is 35.1 Å². The number of nitrogens with zero attached hydrogens (tertiary/aromatic N) is 2. The fourth-order valence-corrected chi connectivity index (χ4v) is 5.36. The number of H-pyrrole nitrogens is 1. The minimum atomic E-state index is -0.389. The zero-order chi connectivity index (χ0) is 29.5. The summed E-state index contributed by atoms with van der Waals surface area (Å²) < 4.78 is 1.88. The van der Waals surface area contributed by atoms with Crippen LogP contribution in [-0.4, -0.2) is 38.3 Å². The van der Waals surface area contributed by atoms with Gasteiger partial charge in [-0.2, -0.15) is 5.10 Å². The maximum atomic E-state index is 13.7. The zero-order valence-electron chi connectivity index (χ0n) is 22.9. The molecular weight excluding hydrogens is 573 g/mol. The minimum absolute atomic E-state index is 0.227. The van der Waals surface area contributed by atoms with Crippen molar-refractivity contribution < 1.29 is 14.8 Å². The van der Waals surface area contributed by atoms with Gasteiger partial charge in [-0.3, -0.25) is 14.8 Å². The van der Waals surface area contributed by atoms with Gasteiger partial charge in [0.2, 0.25) is 5.91 Å². The molecule has 0 atom stereocenters. The molecule has 2 aromatic heterocycles. The standard InChI is InChI=1S/C32H31Cl2N5O3/c33-23-13-11-21(12-14-23)18-22-20-36-39(25-8-4-3-5-9-25)31(22)29-26-16-15-24(34)19-27(26)37-30(29)32(41)35-17-7-2-1-6-10-28(40)38-42/h3-5,8-9,11-16,19-20,37,42H,1-2,6-7,10,17-18H2,(H,35,41)(H,38,40). The molecule has 5 aromatic rings. The first-order valence-electron chi connectivity index (χ1n) is 13.8. The molecule has 0 bridgehead atoms. The van der Waals surface area contributed by atoms with Gasteiger partial charge in [0.15, 0.2) is 0 Å². The quantitative estimate of drug-likeness (QED) is 0.0691. The van der Waals surface area contributed by atoms with Gasteiger partial charge in [0.25, 0.3) is 5.91 Å². The number of hydrogen-bond acceptors (Lipinski definition) is 4. The molecule has 0 aliphatic carbocycles. The Morgan fingerprint density at radius 3 is 2.40 bits per heavy atom. The van der Waals surface area contributed by atoms with E-state index in [9.17, 15) is 9.59 Å². The molecule has 42 heavy (non-hydrogen) atoms. The lowest BCUT2D eigenvalue weighted by molar-refractivity contribution is -0.129. The molecule has 3 aromatic carbocycles. The van der Waals surface area contributed by atoms with Crippen LogP contribution < -0.4 is 10.8 Å². The van der Waals surface area contributed by atoms with Crippen LogP contribution in [0.3, 0.4) is 0 Å². The minimum Gasteiger partial charge on any atom is -0.351 e. The largest absolute Gasteiger partial charge is 0.351 e. The summed E-state index contributed by atoms with van der Waals surface area (Å²) in [5.41, 5.74) is 7.30. The van der Waals surface area contributed by atoms with E-state index in [1.165, 1.54) is 0 Å². The maximum absolute atomic E-state index is 13.7. The molecule has 8 nitrogen and oxygen atoms in total. The second-order valence-electron chi connectivity index (χ2n) is 10.1. The van der Waals surface area contributed by atoms with Crippen molar-refractivity contribution in [3.63, 3.8) is 0 Å². The number of unbranched alkanes of at least 4 members (excludes halogenated alkanes) is 3. The predicted molar refractivity (Wildman–Crippen MR) is 165 cm³/mol. The predicted octanol–water partition coefficient (Wildman–Crippen LogP) is 7.10. The lowest BCUT2D eigenvalue weighted by Crippen LogP contribution is -2.25. The number of hydroxylamine groups is 1. The monoisotopic (exact) mass is 603 g/mol. The molecule has 10 heteroatoms. The fraction of sp³-hybridized carbons (Fsp3) is 0.219. The highest BCUT2D eigenvalue weighted by Crippen LogP contribution is 2.38. The van der Waals surface area contributed by atoms with Crippen LogP contribution in [0, 0.1) is 0 Å². The Labute approximate surface area is 253 Å². The van der Waals surface area contributed by atoms with Crippen LogP contribution in [0.4, 0.5) is 0 Å². The number of carbonyl (C=O) groups is 2. The highest BCUT2D eigenvalue weighted by Gasteiger charge is 2.25. The number of nitrogens with one attached hydrogen (secondary N) is 3. The summed E-state index contributed by atoms with van der Waals surface area (Å²) in [4.78, 5) is 28.2. The topological polar surface area (TPSA) is 112 Å². The van der Waals surface area contributed by atoms with Crippen LogP contribution in [0.5, 0.6) is 0 Å². The van der Waals surface area contributed by atoms with Gasteiger partial charge in [0, 0.05) is 51.5 Å². The number of benzene rings is 3. The van der Waals surface area contributed by atoms with E-state index in [1.807, 2.05) is 83.7 Å². The third-order valence-electron chi connectivity index (χ3n) is 7.12. The van der Waals surface area contributed by atoms with Gasteiger partial charge in [0.1, 0.15) is 5.69 Å². The molecule has 0 saturated heterocycles. The Hall–Kier alpha value is -4.11. The smallest absolute Gasteiger partial charge is 0.268 e. The fourth-order valence-electron chi connectivity index (χ4n) is 5.06. The first-order chi connectivity index (χ1) is 20.4. The summed E-state index contributed by atoms with van der Waals surface area (Å²) in [6.45, 7) is 0.482. The van der Waals surface area contributed by atoms with Crippen LogP contribution >= 0.6 is 23.2 Å². The molecule has 2 amide bonds. The van der Waals surface area contributed by atoms with Crippen LogP contribution in [-0.2, 0) is 11.2 Å². The van der Waals surface area contributed by atoms with E-state index in [1.54, 1.807) is 5.48 Å². The molecule has 0 spiro atoms. The van der Waals surface area contributed by atoms with Gasteiger partial charge in [-0.1, -0.05) is 72.4 Å². The second-order valence-corrected chi connectivity index (χ2v) is 11.0. The molecule has 0 aliphatic heterocycles. The maximum Gasteiger partial charge on any atom is 0.268 e. The van der Waals surface area contributed by atoms with Gasteiger partial charge < -0.3 is 10.3 Å². The van der Waals surface area contributed by atoms with Crippen molar-refractivity contribution in [1.29, 1.82) is 0 Å². The van der Waals surface area contributed by atoms with Gasteiger partial charge in [-0.25, -0.2) is 10.2 Å². The number of halogens is 2. The Balaban J connectivity index is 1.49. The Kier molecular flexibility index (Phi) is 9.59. The molecule has 0 saturated carbocycles. The number of aromatic nitrogens is 3. The van der Waals surface area contributed by atoms with Crippen LogP contribution in [0.1, 0.15) is 53.7 Å². The number of amides is 2. The number of fused-ring (bicyclic) bond motifs is 1. The number of carbonyl (C=O) groups excluding carboxylic acids is 2. The van der Waals surface area contributed by atoms with Crippen LogP contribution in [0.15, 0.2) is 79.0 Å². The van der Waals surface area contributed by atoms with Crippen LogP contribution in [0.25, 0.3) is 27.8 Å². The van der Waals surface area contributed by atoms with E-state index < -0.39 is 0 Å². The summed E-state index contributed by atoms with van der Waals surface area (Å²) in [5, 5.41) is 18.5. The summed E-state index contributed by atoms with van der Waals surface area (Å²) in [6, 6.07) is 23.1. The first kappa shape index (κ1) is 29.4. The summed E-state index contributed by atoms with van der Waals surface area (Å²) in [6.07, 6.45) is 5.82. The van der Waals surface area contributed by atoms with Gasteiger partial charge in [-0.05, 0) is 54.8 Å².